The molecule has 1 saturated heterocycles. The van der Waals surface area contributed by atoms with Crippen molar-refractivity contribution in [1.29, 1.82) is 0 Å². The smallest absolute Gasteiger partial charge is 0.410 e. The molecular weight excluding hydrogens is 804 g/mol. The minimum atomic E-state index is -1.37. The zero-order chi connectivity index (χ0) is 43.8. The van der Waals surface area contributed by atoms with Crippen LogP contribution in [-0.2, 0) is 34.8 Å². The number of carboxylic acid groups (broad SMARTS) is 1. The fraction of sp³-hybridized carbons (Fsp3) is 0.372. The van der Waals surface area contributed by atoms with Gasteiger partial charge in [-0.15, -0.1) is 5.10 Å². The number of pyridine rings is 1. The number of hydrogen-bond acceptors (Lipinski definition) is 11. The van der Waals surface area contributed by atoms with Gasteiger partial charge in [0.2, 0.25) is 5.43 Å². The number of primary amides is 1. The third kappa shape index (κ3) is 10.2. The molecule has 4 amide bonds. The standard InChI is InChI=1S/C43H49FN10O8/c1-2-51-24-33(39(56)57)38(55)32-21-34(44)36(22-35(32)51)52-17-19-53(20-18-52)42(60)62-27-29-10-12-30(13-11-29)47-23-31(9-6-16-46-40(45)58)54-25-37(49-50-54)43(14-15-43)48-41(59)61-26-28-7-4-3-5-8-28/h3-5,7-8,10-13,21-22,24-25,31,47H,2,6,9,14-20,23,26-27H2,1H3,(H,48,59)(H,56,57)(H3,45,46,58)/t31-/m0/s1. The van der Waals surface area contributed by atoms with Crippen LogP contribution in [0.1, 0.15) is 65.8 Å². The number of piperazine rings is 1. The van der Waals surface area contributed by atoms with Crippen molar-refractivity contribution in [2.75, 3.05) is 49.5 Å². The maximum Gasteiger partial charge on any atom is 0.410 e. The quantitative estimate of drug-likeness (QED) is 0.0786. The van der Waals surface area contributed by atoms with Crippen molar-refractivity contribution in [3.8, 4) is 0 Å². The molecule has 3 heterocycles. The van der Waals surface area contributed by atoms with Crippen molar-refractivity contribution in [3.63, 3.8) is 0 Å². The SMILES string of the molecule is CCn1cc(C(=O)O)c(=O)c2cc(F)c(N3CCN(C(=O)OCc4ccc(NC[C@H](CCCNC(N)=O)n5cc(C6(NC(=O)OCc7ccccc7)CC6)nn5)cc4)CC3)cc21. The van der Waals surface area contributed by atoms with Crippen molar-refractivity contribution in [2.45, 2.75) is 63.9 Å². The number of amides is 4. The molecule has 2 aliphatic rings. The number of ether oxygens (including phenoxy) is 2. The van der Waals surface area contributed by atoms with Crippen LogP contribution in [0.15, 0.2) is 83.9 Å². The molecule has 326 valence electrons. The molecule has 1 saturated carbocycles. The summed E-state index contributed by atoms with van der Waals surface area (Å²) in [5.41, 5.74) is 7.25. The molecule has 18 nitrogen and oxygen atoms in total. The number of carbonyl (C=O) groups is 4. The summed E-state index contributed by atoms with van der Waals surface area (Å²) in [5.74, 6) is -2.02. The Bertz CT molecular complexity index is 2470. The highest BCUT2D eigenvalue weighted by molar-refractivity contribution is 5.93. The highest BCUT2D eigenvalue weighted by Gasteiger charge is 2.49. The van der Waals surface area contributed by atoms with Gasteiger partial charge in [0.15, 0.2) is 0 Å². The van der Waals surface area contributed by atoms with E-state index in [0.29, 0.717) is 69.6 Å². The third-order valence-electron chi connectivity index (χ3n) is 11.1. The first-order chi connectivity index (χ1) is 29.9. The van der Waals surface area contributed by atoms with Gasteiger partial charge in [-0.1, -0.05) is 47.7 Å². The molecule has 19 heteroatoms. The molecule has 1 aliphatic heterocycles. The number of nitrogens with one attached hydrogen (secondary N) is 3. The van der Waals surface area contributed by atoms with Gasteiger partial charge in [-0.05, 0) is 68.0 Å². The van der Waals surface area contributed by atoms with Gasteiger partial charge >= 0.3 is 24.2 Å². The second-order valence-electron chi connectivity index (χ2n) is 15.3. The van der Waals surface area contributed by atoms with Crippen LogP contribution in [0.4, 0.5) is 30.1 Å². The summed E-state index contributed by atoms with van der Waals surface area (Å²) in [6.45, 7) is 4.43. The van der Waals surface area contributed by atoms with E-state index in [2.05, 4.69) is 26.3 Å². The molecule has 0 bridgehead atoms. The summed E-state index contributed by atoms with van der Waals surface area (Å²) in [4.78, 5) is 64.7. The van der Waals surface area contributed by atoms with Crippen LogP contribution in [0, 0.1) is 5.82 Å². The summed E-state index contributed by atoms with van der Waals surface area (Å²) >= 11 is 0. The van der Waals surface area contributed by atoms with Crippen LogP contribution in [0.5, 0.6) is 0 Å². The monoisotopic (exact) mass is 852 g/mol. The minimum Gasteiger partial charge on any atom is -0.477 e. The van der Waals surface area contributed by atoms with Crippen LogP contribution in [0.3, 0.4) is 0 Å². The molecule has 1 atom stereocenters. The van der Waals surface area contributed by atoms with E-state index in [1.54, 1.807) is 32.0 Å². The number of carboxylic acids is 1. The summed E-state index contributed by atoms with van der Waals surface area (Å²) < 4.78 is 29.8. The number of aryl methyl sites for hydroxylation is 1. The predicted molar refractivity (Wildman–Crippen MR) is 226 cm³/mol. The van der Waals surface area contributed by atoms with Gasteiger partial charge in [-0.2, -0.15) is 0 Å². The molecule has 7 rings (SSSR count). The van der Waals surface area contributed by atoms with Crippen molar-refractivity contribution in [2.24, 2.45) is 5.73 Å². The number of aromatic nitrogens is 4. The largest absolute Gasteiger partial charge is 0.477 e. The van der Waals surface area contributed by atoms with Crippen molar-refractivity contribution < 1.29 is 38.1 Å². The van der Waals surface area contributed by atoms with Gasteiger partial charge in [-0.25, -0.2) is 28.3 Å². The molecule has 5 aromatic rings. The Morgan fingerprint density at radius 3 is 2.34 bits per heavy atom. The number of aromatic carboxylic acids is 1. The molecule has 2 fully saturated rings. The van der Waals surface area contributed by atoms with Crippen LogP contribution < -0.4 is 32.0 Å². The molecule has 2 aromatic heterocycles. The molecule has 6 N–H and O–H groups in total. The second kappa shape index (κ2) is 19.0. The maximum absolute atomic E-state index is 15.3. The van der Waals surface area contributed by atoms with Gasteiger partial charge in [0.25, 0.3) is 0 Å². The van der Waals surface area contributed by atoms with E-state index in [1.165, 1.54) is 6.20 Å². The molecule has 0 spiro atoms. The zero-order valence-electron chi connectivity index (χ0n) is 34.2. The first-order valence-electron chi connectivity index (χ1n) is 20.5. The van der Waals surface area contributed by atoms with E-state index < -0.39 is 46.5 Å². The highest BCUT2D eigenvalue weighted by Crippen LogP contribution is 2.44. The molecule has 0 radical (unpaired) electrons. The lowest BCUT2D eigenvalue weighted by atomic mass is 10.1. The highest BCUT2D eigenvalue weighted by atomic mass is 19.1. The molecule has 62 heavy (non-hydrogen) atoms. The Morgan fingerprint density at radius 1 is 0.952 bits per heavy atom. The van der Waals surface area contributed by atoms with Gasteiger partial charge in [0, 0.05) is 63.1 Å². The van der Waals surface area contributed by atoms with Gasteiger partial charge in [-0.3, -0.25) is 4.79 Å². The first-order valence-corrected chi connectivity index (χ1v) is 20.5. The third-order valence-corrected chi connectivity index (χ3v) is 11.1. The van der Waals surface area contributed by atoms with Crippen molar-refractivity contribution in [1.82, 2.24) is 35.1 Å². The average molecular weight is 853 g/mol. The number of nitrogens with zero attached hydrogens (tertiary/aromatic N) is 6. The number of nitrogens with two attached hydrogens (primary N) is 1. The van der Waals surface area contributed by atoms with Crippen molar-refractivity contribution in [3.05, 3.63) is 118 Å². The summed E-state index contributed by atoms with van der Waals surface area (Å²) in [6.07, 6.45) is 4.74. The normalized spacial score (nSPS) is 14.8. The molecule has 0 unspecified atom stereocenters. The first kappa shape index (κ1) is 42.9. The zero-order valence-corrected chi connectivity index (χ0v) is 34.2. The fourth-order valence-corrected chi connectivity index (χ4v) is 7.45. The summed E-state index contributed by atoms with van der Waals surface area (Å²) in [6, 6.07) is 18.8. The van der Waals surface area contributed by atoms with E-state index in [4.69, 9.17) is 15.2 Å². The van der Waals surface area contributed by atoms with Gasteiger partial charge in [0.05, 0.1) is 29.0 Å². The number of anilines is 2. The Hall–Kier alpha value is -7.18. The summed E-state index contributed by atoms with van der Waals surface area (Å²) in [7, 11) is 0. The number of alkyl carbamates (subject to hydrolysis) is 1. The Morgan fingerprint density at radius 2 is 1.66 bits per heavy atom. The number of fused-ring (bicyclic) bond motifs is 1. The number of halogens is 1. The van der Waals surface area contributed by atoms with Gasteiger partial charge in [0.1, 0.15) is 30.3 Å². The maximum atomic E-state index is 15.3. The number of benzene rings is 3. The van der Waals surface area contributed by atoms with E-state index in [9.17, 15) is 29.1 Å². The Labute approximate surface area is 355 Å². The average Bonchev–Trinajstić information content (AvgIpc) is 3.88. The Balaban J connectivity index is 0.904. The molecular formula is C43H49FN10O8. The number of carbonyl (C=O) groups excluding carboxylic acids is 3. The number of rotatable bonds is 17. The topological polar surface area (TPSA) is 228 Å². The lowest BCUT2D eigenvalue weighted by Gasteiger charge is -2.35. The van der Waals surface area contributed by atoms with E-state index in [1.807, 2.05) is 60.8 Å². The van der Waals surface area contributed by atoms with Crippen LogP contribution in [0.2, 0.25) is 0 Å². The number of hydrogen-bond donors (Lipinski definition) is 5. The predicted octanol–water partition coefficient (Wildman–Crippen LogP) is 4.93. The van der Waals surface area contributed by atoms with Crippen molar-refractivity contribution >= 4 is 46.5 Å². The fourth-order valence-electron chi connectivity index (χ4n) is 7.45. The van der Waals surface area contributed by atoms with Crippen LogP contribution >= 0.6 is 0 Å². The lowest BCUT2D eigenvalue weighted by Crippen LogP contribution is -2.49. The van der Waals surface area contributed by atoms with Crippen LogP contribution in [0.25, 0.3) is 10.9 Å². The van der Waals surface area contributed by atoms with E-state index in [-0.39, 0.29) is 43.4 Å². The molecule has 3 aromatic carbocycles. The van der Waals surface area contributed by atoms with Gasteiger partial charge < -0.3 is 50.6 Å². The van der Waals surface area contributed by atoms with Crippen LogP contribution in [-0.4, -0.2) is 93.0 Å². The summed E-state index contributed by atoms with van der Waals surface area (Å²) in [5, 5.41) is 27.3. The molecule has 1 aliphatic carbocycles. The second-order valence-corrected chi connectivity index (χ2v) is 15.3. The Kier molecular flexibility index (Phi) is 13.2. The van der Waals surface area contributed by atoms with E-state index >= 15 is 4.39 Å². The number of urea groups is 1. The minimum absolute atomic E-state index is 0.00656. The lowest BCUT2D eigenvalue weighted by molar-refractivity contribution is 0.0694. The van der Waals surface area contributed by atoms with E-state index in [0.717, 1.165) is 22.9 Å².